The molecule has 1 nitrogen and oxygen atoms in total. The van der Waals surface area contributed by atoms with Crippen molar-refractivity contribution >= 4 is 59.3 Å². The molecule has 0 bridgehead atoms. The third-order valence-electron chi connectivity index (χ3n) is 12.0. The highest BCUT2D eigenvalue weighted by Crippen LogP contribution is 2.52. The summed E-state index contributed by atoms with van der Waals surface area (Å²) in [5.74, 6) is 0. The number of hydrogen-bond donors (Lipinski definition) is 0. The average molecular weight is 746 g/mol. The summed E-state index contributed by atoms with van der Waals surface area (Å²) in [6.45, 7) is 4.78. The van der Waals surface area contributed by atoms with Gasteiger partial charge in [-0.2, -0.15) is 0 Å². The van der Waals surface area contributed by atoms with Crippen LogP contribution in [0.2, 0.25) is 0 Å². The van der Waals surface area contributed by atoms with Crippen LogP contribution < -0.4 is 4.90 Å². The topological polar surface area (TPSA) is 3.24 Å². The van der Waals surface area contributed by atoms with Crippen molar-refractivity contribution in [2.24, 2.45) is 0 Å². The Morgan fingerprint density at radius 2 is 0.982 bits per heavy atom. The van der Waals surface area contributed by atoms with Gasteiger partial charge in [0.2, 0.25) is 0 Å². The van der Waals surface area contributed by atoms with Crippen LogP contribution in [0.5, 0.6) is 0 Å². The average Bonchev–Trinajstić information content (AvgIpc) is 3.75. The third-order valence-corrected chi connectivity index (χ3v) is 13.2. The highest BCUT2D eigenvalue weighted by atomic mass is 32.1. The molecule has 0 aliphatic heterocycles. The first-order chi connectivity index (χ1) is 28.0. The summed E-state index contributed by atoms with van der Waals surface area (Å²) in [6, 6.07) is 74.0. The smallest absolute Gasteiger partial charge is 0.0540 e. The monoisotopic (exact) mass is 745 g/mol. The van der Waals surface area contributed by atoms with Crippen LogP contribution in [0.15, 0.2) is 200 Å². The molecule has 1 heterocycles. The number of nitrogens with zero attached hydrogens (tertiary/aromatic N) is 1. The van der Waals surface area contributed by atoms with Gasteiger partial charge in [-0.15, -0.1) is 11.3 Å². The zero-order valence-electron chi connectivity index (χ0n) is 31.9. The van der Waals surface area contributed by atoms with E-state index in [0.29, 0.717) is 0 Å². The number of benzene rings is 9. The minimum atomic E-state index is -0.196. The van der Waals surface area contributed by atoms with Gasteiger partial charge in [-0.25, -0.2) is 0 Å². The Kier molecular flexibility index (Phi) is 7.77. The molecule has 0 spiro atoms. The van der Waals surface area contributed by atoms with Crippen LogP contribution in [0, 0.1) is 0 Å². The van der Waals surface area contributed by atoms with Crippen LogP contribution in [-0.4, -0.2) is 0 Å². The van der Waals surface area contributed by atoms with Gasteiger partial charge in [-0.1, -0.05) is 153 Å². The Bertz CT molecular complexity index is 3170. The fourth-order valence-electron chi connectivity index (χ4n) is 9.10. The molecule has 0 amide bonds. The Morgan fingerprint density at radius 1 is 0.368 bits per heavy atom. The Balaban J connectivity index is 1.05. The molecule has 0 unspecified atom stereocenters. The van der Waals surface area contributed by atoms with Crippen molar-refractivity contribution in [3.05, 3.63) is 211 Å². The third kappa shape index (κ3) is 5.59. The first-order valence-electron chi connectivity index (χ1n) is 19.7. The van der Waals surface area contributed by atoms with Crippen molar-refractivity contribution in [1.82, 2.24) is 0 Å². The maximum atomic E-state index is 2.46. The molecule has 11 rings (SSSR count). The predicted molar refractivity (Wildman–Crippen MR) is 245 cm³/mol. The minimum Gasteiger partial charge on any atom is -0.310 e. The van der Waals surface area contributed by atoms with E-state index in [1.807, 2.05) is 11.3 Å². The molecular formula is C55H39NS. The molecular weight excluding hydrogens is 707 g/mol. The van der Waals surface area contributed by atoms with E-state index in [1.54, 1.807) is 0 Å². The molecule has 1 aliphatic rings. The van der Waals surface area contributed by atoms with E-state index < -0.39 is 0 Å². The van der Waals surface area contributed by atoms with Crippen LogP contribution in [0.4, 0.5) is 17.1 Å². The van der Waals surface area contributed by atoms with Gasteiger partial charge in [0.1, 0.15) is 0 Å². The second-order valence-electron chi connectivity index (χ2n) is 15.8. The van der Waals surface area contributed by atoms with E-state index in [9.17, 15) is 0 Å². The maximum absolute atomic E-state index is 2.46. The lowest BCUT2D eigenvalue weighted by Gasteiger charge is -2.30. The first-order valence-corrected chi connectivity index (χ1v) is 20.6. The summed E-state index contributed by atoms with van der Waals surface area (Å²) in [7, 11) is 0. The molecule has 10 aromatic rings. The minimum absolute atomic E-state index is 0.196. The van der Waals surface area contributed by atoms with E-state index in [2.05, 4.69) is 219 Å². The molecule has 270 valence electrons. The largest absolute Gasteiger partial charge is 0.310 e. The standard InChI is InChI=1S/C55H39NS/c1-55(2)50-34-42(40-24-23-36-13-6-7-16-38(36)31-40)25-28-46(50)47-29-27-44(35-51(47)55)56(52-21-10-8-19-45(52)37-14-4-3-5-15-37)43-18-12-17-39(32-43)41-26-30-54-49(33-41)48-20-9-11-22-53(48)57-54/h3-35H,1-2H3. The SMILES string of the molecule is CC1(C)c2cc(-c3ccc4ccccc4c3)ccc2-c2ccc(N(c3cccc(-c4ccc5sc6ccccc6c5c4)c3)c3ccccc3-c3ccccc3)cc21. The molecule has 0 N–H and O–H groups in total. The van der Waals surface area contributed by atoms with Crippen LogP contribution in [0.1, 0.15) is 25.0 Å². The van der Waals surface area contributed by atoms with Gasteiger partial charge in [0.15, 0.2) is 0 Å². The van der Waals surface area contributed by atoms with E-state index >= 15 is 0 Å². The Morgan fingerprint density at radius 3 is 1.88 bits per heavy atom. The van der Waals surface area contributed by atoms with Crippen molar-refractivity contribution in [1.29, 1.82) is 0 Å². The summed E-state index contributed by atoms with van der Waals surface area (Å²) in [5.41, 5.74) is 15.9. The molecule has 0 saturated carbocycles. The van der Waals surface area contributed by atoms with Gasteiger partial charge in [0.05, 0.1) is 5.69 Å². The van der Waals surface area contributed by atoms with Crippen LogP contribution in [0.25, 0.3) is 75.5 Å². The van der Waals surface area contributed by atoms with Crippen molar-refractivity contribution in [2.45, 2.75) is 19.3 Å². The van der Waals surface area contributed by atoms with E-state index in [4.69, 9.17) is 0 Å². The highest BCUT2D eigenvalue weighted by molar-refractivity contribution is 7.25. The van der Waals surface area contributed by atoms with Gasteiger partial charge in [0.25, 0.3) is 0 Å². The molecule has 1 aliphatic carbocycles. The lowest BCUT2D eigenvalue weighted by molar-refractivity contribution is 0.660. The lowest BCUT2D eigenvalue weighted by Crippen LogP contribution is -2.17. The normalized spacial score (nSPS) is 12.9. The Labute approximate surface area is 337 Å². The summed E-state index contributed by atoms with van der Waals surface area (Å²) < 4.78 is 2.65. The predicted octanol–water partition coefficient (Wildman–Crippen LogP) is 16.0. The molecule has 57 heavy (non-hydrogen) atoms. The van der Waals surface area contributed by atoms with Gasteiger partial charge >= 0.3 is 0 Å². The summed E-state index contributed by atoms with van der Waals surface area (Å²) >= 11 is 1.86. The fourth-order valence-corrected chi connectivity index (χ4v) is 10.2. The Hall–Kier alpha value is -6.74. The highest BCUT2D eigenvalue weighted by Gasteiger charge is 2.36. The van der Waals surface area contributed by atoms with Crippen molar-refractivity contribution in [3.8, 4) is 44.5 Å². The van der Waals surface area contributed by atoms with Gasteiger partial charge in [-0.3, -0.25) is 0 Å². The van der Waals surface area contributed by atoms with E-state index in [-0.39, 0.29) is 5.41 Å². The zero-order chi connectivity index (χ0) is 38.1. The van der Waals surface area contributed by atoms with Crippen LogP contribution >= 0.6 is 11.3 Å². The first kappa shape index (κ1) is 33.6. The number of thiophene rings is 1. The zero-order valence-corrected chi connectivity index (χ0v) is 32.7. The maximum Gasteiger partial charge on any atom is 0.0540 e. The molecule has 0 atom stereocenters. The van der Waals surface area contributed by atoms with E-state index in [0.717, 1.165) is 17.1 Å². The number of anilines is 3. The number of para-hydroxylation sites is 1. The molecule has 0 radical (unpaired) electrons. The van der Waals surface area contributed by atoms with Crippen molar-refractivity contribution < 1.29 is 0 Å². The quantitative estimate of drug-likeness (QED) is 0.164. The number of fused-ring (bicyclic) bond motifs is 7. The summed E-state index contributed by atoms with van der Waals surface area (Å²) in [4.78, 5) is 2.46. The van der Waals surface area contributed by atoms with Gasteiger partial charge < -0.3 is 4.90 Å². The molecule has 0 fully saturated rings. The molecule has 1 aromatic heterocycles. The van der Waals surface area contributed by atoms with Gasteiger partial charge in [-0.05, 0) is 122 Å². The van der Waals surface area contributed by atoms with Crippen LogP contribution in [0.3, 0.4) is 0 Å². The fraction of sp³-hybridized carbons (Fsp3) is 0.0545. The van der Waals surface area contributed by atoms with Crippen molar-refractivity contribution in [2.75, 3.05) is 4.90 Å². The number of rotatable bonds is 6. The van der Waals surface area contributed by atoms with Crippen molar-refractivity contribution in [3.63, 3.8) is 0 Å². The van der Waals surface area contributed by atoms with Gasteiger partial charge in [0, 0.05) is 42.5 Å². The summed E-state index contributed by atoms with van der Waals surface area (Å²) in [6.07, 6.45) is 0. The van der Waals surface area contributed by atoms with E-state index in [1.165, 1.54) is 86.6 Å². The molecule has 0 saturated heterocycles. The second kappa shape index (κ2) is 13.2. The lowest BCUT2D eigenvalue weighted by atomic mass is 9.81. The van der Waals surface area contributed by atoms with Crippen LogP contribution in [-0.2, 0) is 5.41 Å². The molecule has 9 aromatic carbocycles. The summed E-state index contributed by atoms with van der Waals surface area (Å²) in [5, 5.41) is 5.17. The number of hydrogen-bond acceptors (Lipinski definition) is 2. The second-order valence-corrected chi connectivity index (χ2v) is 16.8. The molecule has 2 heteroatoms.